The predicted octanol–water partition coefficient (Wildman–Crippen LogP) is 3.77. The van der Waals surface area contributed by atoms with Crippen molar-refractivity contribution in [3.05, 3.63) is 77.4 Å². The van der Waals surface area contributed by atoms with Gasteiger partial charge in [-0.05, 0) is 42.8 Å². The lowest BCUT2D eigenvalue weighted by atomic mass is 10.1. The number of benzene rings is 3. The first-order valence-electron chi connectivity index (χ1n) is 12.6. The van der Waals surface area contributed by atoms with Crippen molar-refractivity contribution in [1.29, 1.82) is 0 Å². The average molecular weight is 513 g/mol. The number of hydrogen-bond acceptors (Lipinski definition) is 7. The molecule has 38 heavy (non-hydrogen) atoms. The van der Waals surface area contributed by atoms with Gasteiger partial charge in [-0.1, -0.05) is 35.9 Å². The lowest BCUT2D eigenvalue weighted by Gasteiger charge is -2.34. The minimum atomic E-state index is -0.534. The highest BCUT2D eigenvalue weighted by molar-refractivity contribution is 5.95. The van der Waals surface area contributed by atoms with Crippen molar-refractivity contribution in [3.63, 3.8) is 0 Å². The van der Waals surface area contributed by atoms with Crippen LogP contribution in [0.4, 0.5) is 0 Å². The molecule has 1 fully saturated rings. The summed E-state index contributed by atoms with van der Waals surface area (Å²) in [6.07, 6.45) is 0. The molecular weight excluding hydrogens is 484 g/mol. The molecule has 6 rings (SSSR count). The van der Waals surface area contributed by atoms with Gasteiger partial charge < -0.3 is 24.1 Å². The van der Waals surface area contributed by atoms with Gasteiger partial charge in [-0.25, -0.2) is 9.78 Å². The van der Waals surface area contributed by atoms with Gasteiger partial charge >= 0.3 is 5.97 Å². The Labute approximate surface area is 219 Å². The van der Waals surface area contributed by atoms with Crippen LogP contribution in [0, 0.1) is 6.92 Å². The standard InChI is InChI=1S/C29H28N4O5/c1-19-2-5-21(6-3-19)28-30-23-8-7-22(15-24(23)31-28)29(35)36-17-27(34)33-12-10-32(11-13-33)16-20-4-9-25-26(14-20)38-18-37-25/h2-9,14-15H,10-13,16-18H2,1H3,(H,30,31). The molecule has 3 heterocycles. The Morgan fingerprint density at radius 1 is 0.947 bits per heavy atom. The van der Waals surface area contributed by atoms with E-state index in [1.807, 2.05) is 49.4 Å². The maximum Gasteiger partial charge on any atom is 0.338 e. The van der Waals surface area contributed by atoms with Crippen molar-refractivity contribution in [1.82, 2.24) is 19.8 Å². The van der Waals surface area contributed by atoms with Crippen LogP contribution in [-0.2, 0) is 16.1 Å². The summed E-state index contributed by atoms with van der Waals surface area (Å²) in [5, 5.41) is 0. The third kappa shape index (κ3) is 5.05. The van der Waals surface area contributed by atoms with Crippen LogP contribution in [0.2, 0.25) is 0 Å². The summed E-state index contributed by atoms with van der Waals surface area (Å²) in [7, 11) is 0. The number of carbonyl (C=O) groups excluding carboxylic acids is 2. The van der Waals surface area contributed by atoms with Crippen LogP contribution >= 0.6 is 0 Å². The second-order valence-corrected chi connectivity index (χ2v) is 9.60. The van der Waals surface area contributed by atoms with E-state index in [1.165, 1.54) is 5.56 Å². The van der Waals surface area contributed by atoms with E-state index in [2.05, 4.69) is 14.9 Å². The van der Waals surface area contributed by atoms with E-state index in [0.29, 0.717) is 18.7 Å². The topological polar surface area (TPSA) is 97.0 Å². The number of carbonyl (C=O) groups is 2. The largest absolute Gasteiger partial charge is 0.454 e. The van der Waals surface area contributed by atoms with Gasteiger partial charge in [-0.2, -0.15) is 0 Å². The lowest BCUT2D eigenvalue weighted by molar-refractivity contribution is -0.136. The Morgan fingerprint density at radius 3 is 2.55 bits per heavy atom. The third-order valence-corrected chi connectivity index (χ3v) is 6.94. The minimum absolute atomic E-state index is 0.189. The summed E-state index contributed by atoms with van der Waals surface area (Å²) in [6, 6.07) is 19.2. The Morgan fingerprint density at radius 2 is 1.74 bits per heavy atom. The van der Waals surface area contributed by atoms with Gasteiger partial charge in [-0.3, -0.25) is 9.69 Å². The summed E-state index contributed by atoms with van der Waals surface area (Å²) in [6.45, 7) is 5.45. The molecule has 4 aromatic rings. The van der Waals surface area contributed by atoms with Gasteiger partial charge in [0, 0.05) is 38.3 Å². The van der Waals surface area contributed by atoms with Crippen molar-refractivity contribution in [2.75, 3.05) is 39.6 Å². The summed E-state index contributed by atoms with van der Waals surface area (Å²) >= 11 is 0. The van der Waals surface area contributed by atoms with Crippen molar-refractivity contribution < 1.29 is 23.8 Å². The van der Waals surface area contributed by atoms with Crippen LogP contribution in [-0.4, -0.2) is 71.2 Å². The molecule has 0 aliphatic carbocycles. The number of rotatable bonds is 6. The second kappa shape index (κ2) is 10.2. The number of nitrogens with zero attached hydrogens (tertiary/aromatic N) is 3. The Hall–Kier alpha value is -4.37. The summed E-state index contributed by atoms with van der Waals surface area (Å²) in [5.41, 5.74) is 5.15. The fraction of sp³-hybridized carbons (Fsp3) is 0.276. The van der Waals surface area contributed by atoms with Gasteiger partial charge in [0.05, 0.1) is 16.6 Å². The molecule has 0 radical (unpaired) electrons. The van der Waals surface area contributed by atoms with Gasteiger partial charge in [0.15, 0.2) is 18.1 Å². The van der Waals surface area contributed by atoms with Gasteiger partial charge in [0.25, 0.3) is 5.91 Å². The fourth-order valence-electron chi connectivity index (χ4n) is 4.74. The molecule has 0 unspecified atom stereocenters. The van der Waals surface area contributed by atoms with Crippen LogP contribution in [0.15, 0.2) is 60.7 Å². The zero-order chi connectivity index (χ0) is 26.1. The fourth-order valence-corrected chi connectivity index (χ4v) is 4.74. The summed E-state index contributed by atoms with van der Waals surface area (Å²) in [5.74, 6) is 1.56. The number of H-pyrrole nitrogens is 1. The highest BCUT2D eigenvalue weighted by Crippen LogP contribution is 2.33. The number of hydrogen-bond donors (Lipinski definition) is 1. The molecule has 9 heteroatoms. The first kappa shape index (κ1) is 24.0. The highest BCUT2D eigenvalue weighted by Gasteiger charge is 2.23. The Bertz CT molecular complexity index is 1490. The molecule has 2 aliphatic heterocycles. The summed E-state index contributed by atoms with van der Waals surface area (Å²) in [4.78, 5) is 37.3. The molecule has 1 saturated heterocycles. The number of aromatic nitrogens is 2. The van der Waals surface area contributed by atoms with E-state index >= 15 is 0 Å². The maximum atomic E-state index is 12.7. The number of imidazole rings is 1. The molecule has 1 amide bonds. The first-order chi connectivity index (χ1) is 18.5. The van der Waals surface area contributed by atoms with Crippen LogP contribution < -0.4 is 9.47 Å². The number of fused-ring (bicyclic) bond motifs is 2. The van der Waals surface area contributed by atoms with Crippen LogP contribution in [0.1, 0.15) is 21.5 Å². The number of piperazine rings is 1. The smallest absolute Gasteiger partial charge is 0.338 e. The lowest BCUT2D eigenvalue weighted by Crippen LogP contribution is -2.49. The highest BCUT2D eigenvalue weighted by atomic mass is 16.7. The predicted molar refractivity (Wildman–Crippen MR) is 141 cm³/mol. The van der Waals surface area contributed by atoms with Crippen LogP contribution in [0.5, 0.6) is 11.5 Å². The zero-order valence-electron chi connectivity index (χ0n) is 21.1. The molecule has 0 spiro atoms. The third-order valence-electron chi connectivity index (χ3n) is 6.94. The minimum Gasteiger partial charge on any atom is -0.454 e. The molecule has 194 valence electrons. The zero-order valence-corrected chi connectivity index (χ0v) is 21.1. The SMILES string of the molecule is Cc1ccc(-c2nc3ccc(C(=O)OCC(=O)N4CCN(Cc5ccc6c(c5)OCO6)CC4)cc3[nH]2)cc1. The van der Waals surface area contributed by atoms with E-state index < -0.39 is 5.97 Å². The average Bonchev–Trinajstić information content (AvgIpc) is 3.58. The van der Waals surface area contributed by atoms with Gasteiger partial charge in [0.1, 0.15) is 5.82 Å². The molecule has 0 atom stereocenters. The number of nitrogens with one attached hydrogen (secondary N) is 1. The number of amides is 1. The maximum absolute atomic E-state index is 12.7. The molecule has 3 aromatic carbocycles. The van der Waals surface area contributed by atoms with E-state index in [4.69, 9.17) is 14.2 Å². The Balaban J connectivity index is 1.00. The number of ether oxygens (including phenoxy) is 3. The van der Waals surface area contributed by atoms with Gasteiger partial charge in [0.2, 0.25) is 6.79 Å². The molecule has 2 aliphatic rings. The van der Waals surface area contributed by atoms with Crippen molar-refractivity contribution in [3.8, 4) is 22.9 Å². The number of esters is 1. The molecule has 0 saturated carbocycles. The monoisotopic (exact) mass is 512 g/mol. The number of aryl methyl sites for hydroxylation is 1. The van der Waals surface area contributed by atoms with E-state index in [9.17, 15) is 9.59 Å². The summed E-state index contributed by atoms with van der Waals surface area (Å²) < 4.78 is 16.2. The van der Waals surface area contributed by atoms with Crippen LogP contribution in [0.3, 0.4) is 0 Å². The van der Waals surface area contributed by atoms with E-state index in [-0.39, 0.29) is 19.3 Å². The molecule has 9 nitrogen and oxygen atoms in total. The first-order valence-corrected chi connectivity index (χ1v) is 12.6. The van der Waals surface area contributed by atoms with Crippen LogP contribution in [0.25, 0.3) is 22.4 Å². The molecule has 1 aromatic heterocycles. The Kier molecular flexibility index (Phi) is 6.43. The molecule has 1 N–H and O–H groups in total. The van der Waals surface area contributed by atoms with Crippen molar-refractivity contribution >= 4 is 22.9 Å². The normalized spacial score (nSPS) is 15.1. The van der Waals surface area contributed by atoms with E-state index in [0.717, 1.165) is 59.1 Å². The van der Waals surface area contributed by atoms with Crippen molar-refractivity contribution in [2.24, 2.45) is 0 Å². The van der Waals surface area contributed by atoms with Crippen molar-refractivity contribution in [2.45, 2.75) is 13.5 Å². The van der Waals surface area contributed by atoms with E-state index in [1.54, 1.807) is 23.1 Å². The van der Waals surface area contributed by atoms with Gasteiger partial charge in [-0.15, -0.1) is 0 Å². The quantitative estimate of drug-likeness (QED) is 0.393. The number of aromatic amines is 1. The molecular formula is C29H28N4O5. The second-order valence-electron chi connectivity index (χ2n) is 9.60. The molecule has 0 bridgehead atoms.